The van der Waals surface area contributed by atoms with Crippen LogP contribution < -0.4 is 10.1 Å². The predicted molar refractivity (Wildman–Crippen MR) is 156 cm³/mol. The maximum absolute atomic E-state index is 13.8. The van der Waals surface area contributed by atoms with Gasteiger partial charge in [0.05, 0.1) is 16.8 Å². The number of rotatable bonds is 6. The monoisotopic (exact) mass is 500 g/mol. The molecule has 0 aliphatic carbocycles. The molecule has 4 heteroatoms. The average molecular weight is 501 g/mol. The summed E-state index contributed by atoms with van der Waals surface area (Å²) >= 11 is 0. The summed E-state index contributed by atoms with van der Waals surface area (Å²) in [5, 5.41) is 4.01. The summed E-state index contributed by atoms with van der Waals surface area (Å²) in [7, 11) is 0. The number of anilines is 1. The summed E-state index contributed by atoms with van der Waals surface area (Å²) in [5.74, 6) is 0.657. The third-order valence-corrected chi connectivity index (χ3v) is 6.75. The van der Waals surface area contributed by atoms with Crippen LogP contribution >= 0.6 is 0 Å². The standard InChI is InChI=1S/C34H32N2O2/c1-21-15-22(2)18-28(17-21)35-34(37)31-25(5)33(36-32-24(4)16-23(3)19-30(31)32)27-11-13-29(14-12-27)38-20-26-9-7-6-8-10-26/h6-19H,20H2,1-5H3,(H,35,37). The first kappa shape index (κ1) is 25.2. The number of amides is 1. The van der Waals surface area contributed by atoms with E-state index in [1.54, 1.807) is 0 Å². The van der Waals surface area contributed by atoms with Crippen molar-refractivity contribution in [2.45, 2.75) is 41.2 Å². The zero-order valence-electron chi connectivity index (χ0n) is 22.6. The van der Waals surface area contributed by atoms with E-state index in [0.717, 1.165) is 67.0 Å². The minimum absolute atomic E-state index is 0.131. The van der Waals surface area contributed by atoms with Crippen LogP contribution in [0.3, 0.4) is 0 Å². The second-order valence-corrected chi connectivity index (χ2v) is 10.1. The molecule has 190 valence electrons. The maximum atomic E-state index is 13.8. The predicted octanol–water partition coefficient (Wildman–Crippen LogP) is 8.28. The lowest BCUT2D eigenvalue weighted by atomic mass is 9.94. The number of pyridine rings is 1. The normalized spacial score (nSPS) is 11.0. The van der Waals surface area contributed by atoms with E-state index < -0.39 is 0 Å². The molecule has 0 bridgehead atoms. The van der Waals surface area contributed by atoms with Gasteiger partial charge in [-0.25, -0.2) is 4.98 Å². The number of aryl methyl sites for hydroxylation is 4. The smallest absolute Gasteiger partial charge is 0.256 e. The van der Waals surface area contributed by atoms with Crippen molar-refractivity contribution in [2.24, 2.45) is 0 Å². The van der Waals surface area contributed by atoms with Gasteiger partial charge in [-0.05, 0) is 105 Å². The average Bonchev–Trinajstić information content (AvgIpc) is 2.87. The molecule has 5 aromatic rings. The van der Waals surface area contributed by atoms with E-state index in [1.807, 2.05) is 94.4 Å². The van der Waals surface area contributed by atoms with Gasteiger partial charge in [0.15, 0.2) is 0 Å². The Hall–Kier alpha value is -4.44. The highest BCUT2D eigenvalue weighted by atomic mass is 16.5. The molecule has 0 saturated carbocycles. The summed E-state index contributed by atoms with van der Waals surface area (Å²) in [6, 6.07) is 28.3. The van der Waals surface area contributed by atoms with Crippen molar-refractivity contribution in [1.82, 2.24) is 4.98 Å². The van der Waals surface area contributed by atoms with Crippen molar-refractivity contribution in [2.75, 3.05) is 5.32 Å². The van der Waals surface area contributed by atoms with Gasteiger partial charge in [0.25, 0.3) is 5.91 Å². The van der Waals surface area contributed by atoms with Crippen LogP contribution in [0.25, 0.3) is 22.2 Å². The SMILES string of the molecule is Cc1cc(C)cc(NC(=O)c2c(C)c(-c3ccc(OCc4ccccc4)cc3)nc3c(C)cc(C)cc23)c1. The summed E-state index contributed by atoms with van der Waals surface area (Å²) in [6.07, 6.45) is 0. The maximum Gasteiger partial charge on any atom is 0.256 e. The minimum atomic E-state index is -0.131. The molecule has 0 saturated heterocycles. The number of fused-ring (bicyclic) bond motifs is 1. The van der Waals surface area contributed by atoms with E-state index in [9.17, 15) is 4.79 Å². The van der Waals surface area contributed by atoms with Crippen LogP contribution in [0.1, 0.15) is 43.7 Å². The minimum Gasteiger partial charge on any atom is -0.489 e. The lowest BCUT2D eigenvalue weighted by molar-refractivity contribution is 0.102. The van der Waals surface area contributed by atoms with Crippen LogP contribution in [-0.4, -0.2) is 10.9 Å². The van der Waals surface area contributed by atoms with Gasteiger partial charge < -0.3 is 10.1 Å². The highest BCUT2D eigenvalue weighted by Gasteiger charge is 2.21. The first-order valence-electron chi connectivity index (χ1n) is 12.9. The van der Waals surface area contributed by atoms with E-state index in [-0.39, 0.29) is 5.91 Å². The van der Waals surface area contributed by atoms with E-state index >= 15 is 0 Å². The number of hydrogen-bond acceptors (Lipinski definition) is 3. The summed E-state index contributed by atoms with van der Waals surface area (Å²) in [6.45, 7) is 10.7. The van der Waals surface area contributed by atoms with E-state index in [4.69, 9.17) is 9.72 Å². The van der Waals surface area contributed by atoms with Gasteiger partial charge in [0, 0.05) is 16.6 Å². The van der Waals surface area contributed by atoms with Crippen LogP contribution in [-0.2, 0) is 6.61 Å². The van der Waals surface area contributed by atoms with Gasteiger partial charge in [0.1, 0.15) is 12.4 Å². The third-order valence-electron chi connectivity index (χ3n) is 6.75. The summed E-state index contributed by atoms with van der Waals surface area (Å²) in [5.41, 5.74) is 10.4. The zero-order valence-corrected chi connectivity index (χ0v) is 22.6. The van der Waals surface area contributed by atoms with Gasteiger partial charge in [-0.2, -0.15) is 0 Å². The van der Waals surface area contributed by atoms with Gasteiger partial charge in [-0.3, -0.25) is 4.79 Å². The number of ether oxygens (including phenoxy) is 1. The van der Waals surface area contributed by atoms with Crippen LogP contribution in [0.4, 0.5) is 5.69 Å². The fourth-order valence-electron chi connectivity index (χ4n) is 5.08. The van der Waals surface area contributed by atoms with Crippen molar-refractivity contribution in [3.05, 3.63) is 124 Å². The number of hydrogen-bond donors (Lipinski definition) is 1. The molecule has 38 heavy (non-hydrogen) atoms. The first-order valence-corrected chi connectivity index (χ1v) is 12.9. The van der Waals surface area contributed by atoms with Crippen LogP contribution in [0.2, 0.25) is 0 Å². The van der Waals surface area contributed by atoms with Gasteiger partial charge in [0.2, 0.25) is 0 Å². The largest absolute Gasteiger partial charge is 0.489 e. The molecule has 0 aliphatic heterocycles. The molecule has 4 nitrogen and oxygen atoms in total. The molecule has 0 unspecified atom stereocenters. The lowest BCUT2D eigenvalue weighted by Gasteiger charge is -2.17. The number of carbonyl (C=O) groups excluding carboxylic acids is 1. The molecular weight excluding hydrogens is 468 g/mol. The van der Waals surface area contributed by atoms with E-state index in [1.165, 1.54) is 0 Å². The molecule has 4 aromatic carbocycles. The molecule has 0 atom stereocenters. The second-order valence-electron chi connectivity index (χ2n) is 10.1. The molecule has 0 fully saturated rings. The van der Waals surface area contributed by atoms with Crippen LogP contribution in [0.5, 0.6) is 5.75 Å². The number of aromatic nitrogens is 1. The van der Waals surface area contributed by atoms with Crippen molar-refractivity contribution < 1.29 is 9.53 Å². The summed E-state index contributed by atoms with van der Waals surface area (Å²) in [4.78, 5) is 18.9. The number of nitrogens with one attached hydrogen (secondary N) is 1. The van der Waals surface area contributed by atoms with E-state index in [2.05, 4.69) is 30.4 Å². The molecule has 1 N–H and O–H groups in total. The Morgan fingerprint density at radius 3 is 2.13 bits per heavy atom. The molecule has 0 radical (unpaired) electrons. The van der Waals surface area contributed by atoms with Gasteiger partial charge in [-0.15, -0.1) is 0 Å². The van der Waals surface area contributed by atoms with Crippen molar-refractivity contribution in [3.63, 3.8) is 0 Å². The highest BCUT2D eigenvalue weighted by molar-refractivity contribution is 6.15. The van der Waals surface area contributed by atoms with Gasteiger partial charge in [-0.1, -0.05) is 48.0 Å². The topological polar surface area (TPSA) is 51.2 Å². The number of nitrogens with zero attached hydrogens (tertiary/aromatic N) is 1. The molecule has 1 aromatic heterocycles. The molecule has 5 rings (SSSR count). The fraction of sp³-hybridized carbons (Fsp3) is 0.176. The fourth-order valence-corrected chi connectivity index (χ4v) is 5.08. The lowest BCUT2D eigenvalue weighted by Crippen LogP contribution is -2.16. The third kappa shape index (κ3) is 5.30. The Morgan fingerprint density at radius 2 is 1.45 bits per heavy atom. The highest BCUT2D eigenvalue weighted by Crippen LogP contribution is 2.33. The Labute approximate surface area is 224 Å². The van der Waals surface area contributed by atoms with Gasteiger partial charge >= 0.3 is 0 Å². The van der Waals surface area contributed by atoms with Crippen molar-refractivity contribution in [3.8, 4) is 17.0 Å². The Balaban J connectivity index is 1.54. The molecular formula is C34H32N2O2. The zero-order chi connectivity index (χ0) is 26.8. The van der Waals surface area contributed by atoms with E-state index in [0.29, 0.717) is 12.2 Å². The van der Waals surface area contributed by atoms with Crippen molar-refractivity contribution >= 4 is 22.5 Å². The molecule has 1 heterocycles. The van der Waals surface area contributed by atoms with Crippen LogP contribution in [0, 0.1) is 34.6 Å². The van der Waals surface area contributed by atoms with Crippen LogP contribution in [0.15, 0.2) is 84.9 Å². The molecule has 0 aliphatic rings. The quantitative estimate of drug-likeness (QED) is 0.255. The molecule has 1 amide bonds. The Kier molecular flexibility index (Phi) is 6.97. The number of benzene rings is 4. The Bertz CT molecular complexity index is 1620. The first-order chi connectivity index (χ1) is 18.3. The second kappa shape index (κ2) is 10.5. The molecule has 0 spiro atoms. The van der Waals surface area contributed by atoms with Crippen molar-refractivity contribution in [1.29, 1.82) is 0 Å². The Morgan fingerprint density at radius 1 is 0.789 bits per heavy atom. The summed E-state index contributed by atoms with van der Waals surface area (Å²) < 4.78 is 5.98. The number of carbonyl (C=O) groups is 1.